The molecule has 36 heavy (non-hydrogen) atoms. The molecule has 3 aromatic heterocycles. The highest BCUT2D eigenvalue weighted by atomic mass is 35.5. The van der Waals surface area contributed by atoms with E-state index in [1.165, 1.54) is 11.3 Å². The molecule has 1 aliphatic carbocycles. The van der Waals surface area contributed by atoms with Crippen LogP contribution in [0.1, 0.15) is 29.7 Å². The van der Waals surface area contributed by atoms with Crippen LogP contribution in [0, 0.1) is 0 Å². The minimum absolute atomic E-state index is 0.218. The summed E-state index contributed by atoms with van der Waals surface area (Å²) in [5.74, 6) is -0.375. The number of thiophene rings is 1. The fourth-order valence-corrected chi connectivity index (χ4v) is 6.31. The van der Waals surface area contributed by atoms with Crippen LogP contribution in [0.15, 0.2) is 65.0 Å². The number of nitrogens with zero attached hydrogens (tertiary/aromatic N) is 4. The molecule has 1 aromatic carbocycles. The van der Waals surface area contributed by atoms with Crippen molar-refractivity contribution in [3.8, 4) is 5.69 Å². The molecule has 0 aliphatic heterocycles. The molecule has 1 aliphatic rings. The van der Waals surface area contributed by atoms with Crippen molar-refractivity contribution in [3.05, 3.63) is 87.0 Å². The maximum atomic E-state index is 15.3. The van der Waals surface area contributed by atoms with E-state index in [4.69, 9.17) is 23.2 Å². The number of halogens is 3. The monoisotopic (exact) mass is 562 g/mol. The third-order valence-corrected chi connectivity index (χ3v) is 8.43. The van der Waals surface area contributed by atoms with Crippen LogP contribution in [0.2, 0.25) is 9.36 Å². The van der Waals surface area contributed by atoms with E-state index < -0.39 is 6.03 Å². The lowest BCUT2D eigenvalue weighted by molar-refractivity contribution is 0.246. The number of carbonyl (C=O) groups is 1. The standard InChI is InChI=1S/C24H21Cl2FN6OS2/c25-19-9-21(35-23(19)26)36-31-24(34)28-12-20(27)18-8-4-5-16-11-30-33(22(16)18)14-15-10-29-32(13-15)17-6-2-1-3-7-17/h1-3,6-7,9-11,13H,4-5,8,12,14H2,(H2,28,31,34)/b20-18-. The quantitative estimate of drug-likeness (QED) is 0.252. The number of aryl methyl sites for hydroxylation is 1. The summed E-state index contributed by atoms with van der Waals surface area (Å²) in [5, 5.41) is 12.0. The van der Waals surface area contributed by atoms with Crippen LogP contribution >= 0.6 is 46.5 Å². The molecule has 0 saturated carbocycles. The molecule has 5 rings (SSSR count). The van der Waals surface area contributed by atoms with E-state index in [-0.39, 0.29) is 12.4 Å². The molecule has 0 saturated heterocycles. The Morgan fingerprint density at radius 2 is 2.00 bits per heavy atom. The van der Waals surface area contributed by atoms with E-state index in [2.05, 4.69) is 20.2 Å². The number of carbonyl (C=O) groups excluding carboxylic acids is 1. The van der Waals surface area contributed by atoms with Crippen molar-refractivity contribution in [1.29, 1.82) is 0 Å². The lowest BCUT2D eigenvalue weighted by atomic mass is 9.92. The number of urea groups is 1. The number of amides is 2. The Balaban J connectivity index is 1.26. The minimum Gasteiger partial charge on any atom is -0.331 e. The molecule has 7 nitrogen and oxygen atoms in total. The van der Waals surface area contributed by atoms with Gasteiger partial charge < -0.3 is 5.32 Å². The molecule has 12 heteroatoms. The Morgan fingerprint density at radius 3 is 2.78 bits per heavy atom. The van der Waals surface area contributed by atoms with Gasteiger partial charge in [-0.2, -0.15) is 10.2 Å². The van der Waals surface area contributed by atoms with E-state index >= 15 is 4.39 Å². The molecular formula is C24H21Cl2FN6OS2. The van der Waals surface area contributed by atoms with E-state index in [9.17, 15) is 4.79 Å². The summed E-state index contributed by atoms with van der Waals surface area (Å²) >= 11 is 14.2. The number of rotatable bonds is 7. The minimum atomic E-state index is -0.505. The third kappa shape index (κ3) is 5.62. The van der Waals surface area contributed by atoms with Crippen LogP contribution in [-0.2, 0) is 13.0 Å². The number of hydrogen-bond donors (Lipinski definition) is 2. The average molecular weight is 564 g/mol. The van der Waals surface area contributed by atoms with Crippen molar-refractivity contribution in [2.45, 2.75) is 30.0 Å². The maximum Gasteiger partial charge on any atom is 0.325 e. The van der Waals surface area contributed by atoms with Gasteiger partial charge in [-0.3, -0.25) is 9.40 Å². The second kappa shape index (κ2) is 11.1. The SMILES string of the molecule is O=C(NC/C(F)=C1\CCCc2cnn(Cc3cnn(-c4ccccc4)c3)c21)NSc1cc(Cl)c(Cl)s1. The van der Waals surface area contributed by atoms with Gasteiger partial charge in [0.2, 0.25) is 0 Å². The summed E-state index contributed by atoms with van der Waals surface area (Å²) in [6, 6.07) is 11.0. The topological polar surface area (TPSA) is 76.8 Å². The molecular weight excluding hydrogens is 542 g/mol. The molecule has 0 atom stereocenters. The normalized spacial score (nSPS) is 14.4. The molecule has 4 aromatic rings. The predicted octanol–water partition coefficient (Wildman–Crippen LogP) is 6.51. The van der Waals surface area contributed by atoms with Gasteiger partial charge in [0.05, 0.1) is 46.1 Å². The summed E-state index contributed by atoms with van der Waals surface area (Å²) in [6.45, 7) is 0.250. The molecule has 0 radical (unpaired) electrons. The number of benzene rings is 1. The van der Waals surface area contributed by atoms with Crippen LogP contribution < -0.4 is 10.0 Å². The molecule has 0 fully saturated rings. The summed E-state index contributed by atoms with van der Waals surface area (Å²) < 4.78 is 22.7. The zero-order valence-electron chi connectivity index (χ0n) is 18.9. The van der Waals surface area contributed by atoms with Crippen molar-refractivity contribution in [2.75, 3.05) is 6.54 Å². The van der Waals surface area contributed by atoms with Crippen LogP contribution in [0.3, 0.4) is 0 Å². The molecule has 0 unspecified atom stereocenters. The first kappa shape index (κ1) is 24.9. The number of nitrogens with one attached hydrogen (secondary N) is 2. The van der Waals surface area contributed by atoms with Crippen molar-refractivity contribution < 1.29 is 9.18 Å². The van der Waals surface area contributed by atoms with Gasteiger partial charge in [-0.1, -0.05) is 41.4 Å². The van der Waals surface area contributed by atoms with E-state index in [1.54, 1.807) is 23.1 Å². The van der Waals surface area contributed by atoms with Gasteiger partial charge in [0.25, 0.3) is 0 Å². The fraction of sp³-hybridized carbons (Fsp3) is 0.208. The predicted molar refractivity (Wildman–Crippen MR) is 143 cm³/mol. The molecule has 0 spiro atoms. The summed E-state index contributed by atoms with van der Waals surface area (Å²) in [4.78, 5) is 12.2. The first-order chi connectivity index (χ1) is 17.5. The molecule has 186 valence electrons. The van der Waals surface area contributed by atoms with Crippen LogP contribution in [-0.4, -0.2) is 32.1 Å². The molecule has 2 N–H and O–H groups in total. The van der Waals surface area contributed by atoms with E-state index in [1.807, 2.05) is 41.2 Å². The van der Waals surface area contributed by atoms with Gasteiger partial charge in [0.15, 0.2) is 0 Å². The summed E-state index contributed by atoms with van der Waals surface area (Å²) in [5.41, 5.74) is 4.29. The van der Waals surface area contributed by atoms with Crippen molar-refractivity contribution in [1.82, 2.24) is 29.6 Å². The third-order valence-electron chi connectivity index (χ3n) is 5.66. The molecule has 3 heterocycles. The summed E-state index contributed by atoms with van der Waals surface area (Å²) in [6.07, 6.45) is 7.79. The Bertz CT molecular complexity index is 1400. The highest BCUT2D eigenvalue weighted by Crippen LogP contribution is 2.36. The first-order valence-electron chi connectivity index (χ1n) is 11.1. The maximum absolute atomic E-state index is 15.3. The van der Waals surface area contributed by atoms with Crippen LogP contribution in [0.4, 0.5) is 9.18 Å². The Labute approximate surface area is 225 Å². The van der Waals surface area contributed by atoms with Gasteiger partial charge in [-0.05, 0) is 55.0 Å². The number of para-hydroxylation sites is 1. The van der Waals surface area contributed by atoms with Crippen molar-refractivity contribution >= 4 is 58.1 Å². The number of hydrogen-bond acceptors (Lipinski definition) is 5. The second-order valence-corrected chi connectivity index (χ2v) is 11.3. The van der Waals surface area contributed by atoms with Gasteiger partial charge in [0, 0.05) is 17.3 Å². The Hall–Kier alpha value is -2.79. The van der Waals surface area contributed by atoms with E-state index in [0.29, 0.717) is 27.9 Å². The lowest BCUT2D eigenvalue weighted by Crippen LogP contribution is -2.32. The van der Waals surface area contributed by atoms with Gasteiger partial charge in [-0.25, -0.2) is 13.9 Å². The number of aromatic nitrogens is 4. The molecule has 2 amide bonds. The van der Waals surface area contributed by atoms with Crippen LogP contribution in [0.25, 0.3) is 11.3 Å². The number of fused-ring (bicyclic) bond motifs is 1. The zero-order chi connectivity index (χ0) is 25.1. The average Bonchev–Trinajstić information content (AvgIpc) is 3.61. The fourth-order valence-electron chi connectivity index (χ4n) is 4.03. The van der Waals surface area contributed by atoms with Crippen molar-refractivity contribution in [2.24, 2.45) is 0 Å². The Kier molecular flexibility index (Phi) is 7.66. The zero-order valence-corrected chi connectivity index (χ0v) is 22.0. The smallest absolute Gasteiger partial charge is 0.325 e. The van der Waals surface area contributed by atoms with Gasteiger partial charge in [-0.15, -0.1) is 11.3 Å². The highest BCUT2D eigenvalue weighted by Gasteiger charge is 2.24. The summed E-state index contributed by atoms with van der Waals surface area (Å²) in [7, 11) is 0. The van der Waals surface area contributed by atoms with Crippen molar-refractivity contribution in [3.63, 3.8) is 0 Å². The molecule has 0 bridgehead atoms. The van der Waals surface area contributed by atoms with Gasteiger partial charge >= 0.3 is 6.03 Å². The largest absolute Gasteiger partial charge is 0.331 e. The number of allylic oxidation sites excluding steroid dienone is 1. The van der Waals surface area contributed by atoms with Crippen LogP contribution in [0.5, 0.6) is 0 Å². The van der Waals surface area contributed by atoms with Gasteiger partial charge in [0.1, 0.15) is 10.2 Å². The highest BCUT2D eigenvalue weighted by molar-refractivity contribution is 7.99. The lowest BCUT2D eigenvalue weighted by Gasteiger charge is -2.19. The first-order valence-corrected chi connectivity index (χ1v) is 13.5. The second-order valence-electron chi connectivity index (χ2n) is 8.12. The Morgan fingerprint density at radius 1 is 1.17 bits per heavy atom. The van der Waals surface area contributed by atoms with E-state index in [0.717, 1.165) is 51.5 Å².